The zero-order chi connectivity index (χ0) is 16.3. The van der Waals surface area contributed by atoms with Crippen molar-refractivity contribution in [1.29, 1.82) is 0 Å². The molecule has 0 radical (unpaired) electrons. The normalized spacial score (nSPS) is 18.0. The Morgan fingerprint density at radius 1 is 1.45 bits per heavy atom. The van der Waals surface area contributed by atoms with E-state index in [0.717, 1.165) is 5.56 Å². The van der Waals surface area contributed by atoms with Crippen LogP contribution in [0.4, 0.5) is 4.79 Å². The lowest BCUT2D eigenvalue weighted by Gasteiger charge is -2.33. The van der Waals surface area contributed by atoms with Crippen molar-refractivity contribution in [1.82, 2.24) is 10.2 Å². The Labute approximate surface area is 134 Å². The summed E-state index contributed by atoms with van der Waals surface area (Å²) in [5.41, 5.74) is 1.71. The number of allylic oxidation sites excluding steroid dienone is 1. The third kappa shape index (κ3) is 3.14. The zero-order valence-corrected chi connectivity index (χ0v) is 13.2. The van der Waals surface area contributed by atoms with E-state index in [1.54, 1.807) is 38.2 Å². The van der Waals surface area contributed by atoms with Gasteiger partial charge in [-0.25, -0.2) is 9.59 Å². The summed E-state index contributed by atoms with van der Waals surface area (Å²) in [6.07, 6.45) is 1.50. The van der Waals surface area contributed by atoms with E-state index in [9.17, 15) is 9.59 Å². The first-order valence-corrected chi connectivity index (χ1v) is 7.12. The number of esters is 1. The van der Waals surface area contributed by atoms with Gasteiger partial charge in [0.2, 0.25) is 0 Å². The largest absolute Gasteiger partial charge is 0.458 e. The van der Waals surface area contributed by atoms with E-state index in [1.807, 2.05) is 0 Å². The van der Waals surface area contributed by atoms with Gasteiger partial charge in [-0.1, -0.05) is 36.4 Å². The molecule has 0 unspecified atom stereocenters. The second-order valence-corrected chi connectivity index (χ2v) is 5.32. The molecule has 0 aromatic heterocycles. The van der Waals surface area contributed by atoms with Crippen molar-refractivity contribution < 1.29 is 14.3 Å². The van der Waals surface area contributed by atoms with Gasteiger partial charge in [-0.15, -0.1) is 0 Å². The van der Waals surface area contributed by atoms with Crippen molar-refractivity contribution >= 4 is 23.6 Å². The molecule has 1 aromatic carbocycles. The topological polar surface area (TPSA) is 58.6 Å². The quantitative estimate of drug-likeness (QED) is 0.685. The molecule has 1 atom stereocenters. The molecule has 6 heteroatoms. The van der Waals surface area contributed by atoms with E-state index in [1.165, 1.54) is 11.0 Å². The SMILES string of the molecule is C=CCOC(=O)C1=C(C)N(C)C(=O)N[C@@H]1c1ccc(Cl)cc1. The summed E-state index contributed by atoms with van der Waals surface area (Å²) in [5, 5.41) is 3.38. The summed E-state index contributed by atoms with van der Waals surface area (Å²) in [6, 6.07) is 6.11. The molecular formula is C16H17ClN2O3. The highest BCUT2D eigenvalue weighted by Crippen LogP contribution is 2.31. The lowest BCUT2D eigenvalue weighted by atomic mass is 9.95. The first-order valence-electron chi connectivity index (χ1n) is 6.74. The molecule has 22 heavy (non-hydrogen) atoms. The number of amides is 2. The predicted molar refractivity (Wildman–Crippen MR) is 84.3 cm³/mol. The minimum atomic E-state index is -0.571. The van der Waals surface area contributed by atoms with Crippen LogP contribution in [0.2, 0.25) is 5.02 Å². The van der Waals surface area contributed by atoms with Crippen LogP contribution >= 0.6 is 11.6 Å². The molecular weight excluding hydrogens is 304 g/mol. The van der Waals surface area contributed by atoms with Gasteiger partial charge in [0.1, 0.15) is 6.61 Å². The third-order valence-corrected chi connectivity index (χ3v) is 3.76. The maximum atomic E-state index is 12.3. The lowest BCUT2D eigenvalue weighted by molar-refractivity contribution is -0.138. The molecule has 0 fully saturated rings. The fourth-order valence-corrected chi connectivity index (χ4v) is 2.34. The number of nitrogens with one attached hydrogen (secondary N) is 1. The van der Waals surface area contributed by atoms with E-state index in [-0.39, 0.29) is 12.6 Å². The molecule has 0 bridgehead atoms. The number of hydrogen-bond donors (Lipinski definition) is 1. The number of hydrogen-bond acceptors (Lipinski definition) is 3. The zero-order valence-electron chi connectivity index (χ0n) is 12.4. The standard InChI is InChI=1S/C16H17ClN2O3/c1-4-9-22-15(20)13-10(2)19(3)16(21)18-14(13)11-5-7-12(17)8-6-11/h4-8,14H,1,9H2,2-3H3,(H,18,21)/t14-/m1/s1. The van der Waals surface area contributed by atoms with Crippen LogP contribution in [-0.4, -0.2) is 30.6 Å². The minimum Gasteiger partial charge on any atom is -0.458 e. The molecule has 1 heterocycles. The van der Waals surface area contributed by atoms with Gasteiger partial charge in [0.15, 0.2) is 0 Å². The average Bonchev–Trinajstić information content (AvgIpc) is 2.50. The molecule has 2 rings (SSSR count). The highest BCUT2D eigenvalue weighted by atomic mass is 35.5. The van der Waals surface area contributed by atoms with Crippen molar-refractivity contribution in [3.05, 3.63) is 58.8 Å². The Morgan fingerprint density at radius 2 is 2.09 bits per heavy atom. The van der Waals surface area contributed by atoms with Crippen molar-refractivity contribution in [3.63, 3.8) is 0 Å². The van der Waals surface area contributed by atoms with Gasteiger partial charge in [0.25, 0.3) is 0 Å². The van der Waals surface area contributed by atoms with Gasteiger partial charge >= 0.3 is 12.0 Å². The monoisotopic (exact) mass is 320 g/mol. The van der Waals surface area contributed by atoms with Crippen LogP contribution in [0.25, 0.3) is 0 Å². The maximum Gasteiger partial charge on any atom is 0.338 e. The van der Waals surface area contributed by atoms with Gasteiger partial charge in [-0.05, 0) is 24.6 Å². The molecule has 1 N–H and O–H groups in total. The lowest BCUT2D eigenvalue weighted by Crippen LogP contribution is -2.46. The first kappa shape index (κ1) is 16.1. The number of halogens is 1. The van der Waals surface area contributed by atoms with Crippen molar-refractivity contribution in [3.8, 4) is 0 Å². The molecule has 1 aliphatic rings. The van der Waals surface area contributed by atoms with Crippen LogP contribution in [-0.2, 0) is 9.53 Å². The summed E-state index contributed by atoms with van der Waals surface area (Å²) < 4.78 is 5.14. The molecule has 116 valence electrons. The summed E-state index contributed by atoms with van der Waals surface area (Å²) in [7, 11) is 1.60. The van der Waals surface area contributed by atoms with Crippen molar-refractivity contribution in [2.75, 3.05) is 13.7 Å². The van der Waals surface area contributed by atoms with E-state index in [4.69, 9.17) is 16.3 Å². The minimum absolute atomic E-state index is 0.112. The summed E-state index contributed by atoms with van der Waals surface area (Å²) >= 11 is 5.89. The van der Waals surface area contributed by atoms with Crippen molar-refractivity contribution in [2.45, 2.75) is 13.0 Å². The Bertz CT molecular complexity index is 637. The summed E-state index contributed by atoms with van der Waals surface area (Å²) in [6.45, 7) is 5.35. The highest BCUT2D eigenvalue weighted by molar-refractivity contribution is 6.30. The van der Waals surface area contributed by atoms with Crippen LogP contribution in [0.3, 0.4) is 0 Å². The van der Waals surface area contributed by atoms with E-state index in [0.29, 0.717) is 16.3 Å². The van der Waals surface area contributed by atoms with Crippen LogP contribution in [0.15, 0.2) is 48.2 Å². The molecule has 1 aliphatic heterocycles. The number of ether oxygens (including phenoxy) is 1. The first-order chi connectivity index (χ1) is 10.5. The Morgan fingerprint density at radius 3 is 2.68 bits per heavy atom. The Hall–Kier alpha value is -2.27. The summed E-state index contributed by atoms with van der Waals surface area (Å²) in [4.78, 5) is 25.7. The fraction of sp³-hybridized carbons (Fsp3) is 0.250. The molecule has 0 saturated carbocycles. The van der Waals surface area contributed by atoms with Gasteiger partial charge in [-0.3, -0.25) is 0 Å². The smallest absolute Gasteiger partial charge is 0.338 e. The predicted octanol–water partition coefficient (Wildman–Crippen LogP) is 3.04. The average molecular weight is 321 g/mol. The van der Waals surface area contributed by atoms with Crippen LogP contribution in [0.1, 0.15) is 18.5 Å². The third-order valence-electron chi connectivity index (χ3n) is 3.51. The Kier molecular flexibility index (Phi) is 4.88. The maximum absolute atomic E-state index is 12.3. The number of benzene rings is 1. The number of urea groups is 1. The van der Waals surface area contributed by atoms with Gasteiger partial charge in [-0.2, -0.15) is 0 Å². The molecule has 0 aliphatic carbocycles. The van der Waals surface area contributed by atoms with Crippen LogP contribution in [0.5, 0.6) is 0 Å². The Balaban J connectivity index is 2.44. The molecule has 0 spiro atoms. The van der Waals surface area contributed by atoms with Crippen LogP contribution in [0, 0.1) is 0 Å². The van der Waals surface area contributed by atoms with Gasteiger partial charge < -0.3 is 15.0 Å². The van der Waals surface area contributed by atoms with Crippen LogP contribution < -0.4 is 5.32 Å². The number of nitrogens with zero attached hydrogens (tertiary/aromatic N) is 1. The highest BCUT2D eigenvalue weighted by Gasteiger charge is 2.34. The number of carbonyl (C=O) groups excluding carboxylic acids is 2. The second kappa shape index (κ2) is 6.66. The van der Waals surface area contributed by atoms with Crippen molar-refractivity contribution in [2.24, 2.45) is 0 Å². The number of carbonyl (C=O) groups is 2. The van der Waals surface area contributed by atoms with Gasteiger partial charge in [0.05, 0.1) is 11.6 Å². The van der Waals surface area contributed by atoms with Gasteiger partial charge in [0, 0.05) is 17.8 Å². The van der Waals surface area contributed by atoms with E-state index >= 15 is 0 Å². The molecule has 2 amide bonds. The fourth-order valence-electron chi connectivity index (χ4n) is 2.22. The molecule has 0 saturated heterocycles. The second-order valence-electron chi connectivity index (χ2n) is 4.88. The van der Waals surface area contributed by atoms with E-state index < -0.39 is 12.0 Å². The molecule has 5 nitrogen and oxygen atoms in total. The number of rotatable bonds is 4. The molecule has 1 aromatic rings. The summed E-state index contributed by atoms with van der Waals surface area (Å²) in [5.74, 6) is -0.482. The van der Waals surface area contributed by atoms with E-state index in [2.05, 4.69) is 11.9 Å².